The standard InChI is InChI=1S/C19H21N3O2/c1-13-8-9-15(20)11-16(13)19(24)21-12-18(23)22-10-4-6-14-5-2-3-7-17(14)22/h2-3,5,7-9,11H,4,6,10,12,20H2,1H3,(H,21,24). The highest BCUT2D eigenvalue weighted by Gasteiger charge is 2.22. The van der Waals surface area contributed by atoms with E-state index in [2.05, 4.69) is 5.32 Å². The first-order valence-electron chi connectivity index (χ1n) is 8.09. The highest BCUT2D eigenvalue weighted by molar-refractivity contribution is 6.01. The second-order valence-corrected chi connectivity index (χ2v) is 6.03. The van der Waals surface area contributed by atoms with Gasteiger partial charge in [-0.3, -0.25) is 9.59 Å². The minimum absolute atomic E-state index is 0.0264. The number of carbonyl (C=O) groups is 2. The van der Waals surface area contributed by atoms with Gasteiger partial charge in [0.1, 0.15) is 0 Å². The van der Waals surface area contributed by atoms with Crippen molar-refractivity contribution in [1.29, 1.82) is 0 Å². The highest BCUT2D eigenvalue weighted by atomic mass is 16.2. The number of aryl methyl sites for hydroxylation is 2. The van der Waals surface area contributed by atoms with Gasteiger partial charge < -0.3 is 16.0 Å². The van der Waals surface area contributed by atoms with Gasteiger partial charge in [0, 0.05) is 23.5 Å². The molecule has 0 bridgehead atoms. The molecule has 3 N–H and O–H groups in total. The molecule has 3 rings (SSSR count). The van der Waals surface area contributed by atoms with Gasteiger partial charge in [-0.1, -0.05) is 24.3 Å². The molecular weight excluding hydrogens is 302 g/mol. The van der Waals surface area contributed by atoms with Crippen molar-refractivity contribution < 1.29 is 9.59 Å². The number of amides is 2. The summed E-state index contributed by atoms with van der Waals surface area (Å²) in [4.78, 5) is 26.6. The first kappa shape index (κ1) is 16.1. The Morgan fingerprint density at radius 3 is 2.83 bits per heavy atom. The fraction of sp³-hybridized carbons (Fsp3) is 0.263. The SMILES string of the molecule is Cc1ccc(N)cc1C(=O)NCC(=O)N1CCCc2ccccc21. The second kappa shape index (κ2) is 6.74. The molecule has 1 aliphatic heterocycles. The summed E-state index contributed by atoms with van der Waals surface area (Å²) in [7, 11) is 0. The Morgan fingerprint density at radius 1 is 1.21 bits per heavy atom. The van der Waals surface area contributed by atoms with Crippen molar-refractivity contribution in [2.45, 2.75) is 19.8 Å². The van der Waals surface area contributed by atoms with Gasteiger partial charge in [0.2, 0.25) is 5.91 Å². The van der Waals surface area contributed by atoms with Crippen LogP contribution < -0.4 is 16.0 Å². The zero-order valence-corrected chi connectivity index (χ0v) is 13.7. The molecule has 0 aromatic heterocycles. The number of hydrogen-bond donors (Lipinski definition) is 2. The van der Waals surface area contributed by atoms with E-state index in [0.29, 0.717) is 17.8 Å². The highest BCUT2D eigenvalue weighted by Crippen LogP contribution is 2.26. The quantitative estimate of drug-likeness (QED) is 0.851. The van der Waals surface area contributed by atoms with Crippen molar-refractivity contribution in [2.75, 3.05) is 23.7 Å². The Labute approximate surface area is 141 Å². The number of nitrogens with one attached hydrogen (secondary N) is 1. The summed E-state index contributed by atoms with van der Waals surface area (Å²) < 4.78 is 0. The molecule has 1 heterocycles. The molecule has 0 saturated carbocycles. The molecule has 0 aliphatic carbocycles. The molecule has 0 spiro atoms. The molecule has 5 heteroatoms. The minimum atomic E-state index is -0.279. The van der Waals surface area contributed by atoms with Crippen molar-refractivity contribution in [3.8, 4) is 0 Å². The molecule has 124 valence electrons. The van der Waals surface area contributed by atoms with Crippen LogP contribution >= 0.6 is 0 Å². The van der Waals surface area contributed by atoms with Crippen LogP contribution in [-0.2, 0) is 11.2 Å². The van der Waals surface area contributed by atoms with Gasteiger partial charge in [-0.25, -0.2) is 0 Å². The van der Waals surface area contributed by atoms with Crippen LogP contribution in [0, 0.1) is 6.92 Å². The Bertz CT molecular complexity index is 786. The van der Waals surface area contributed by atoms with Crippen LogP contribution in [0.3, 0.4) is 0 Å². The van der Waals surface area contributed by atoms with Crippen molar-refractivity contribution in [1.82, 2.24) is 5.32 Å². The second-order valence-electron chi connectivity index (χ2n) is 6.03. The van der Waals surface area contributed by atoms with Crippen molar-refractivity contribution in [3.63, 3.8) is 0 Å². The summed E-state index contributed by atoms with van der Waals surface area (Å²) in [5, 5.41) is 2.71. The van der Waals surface area contributed by atoms with Gasteiger partial charge in [-0.15, -0.1) is 0 Å². The molecule has 0 atom stereocenters. The molecule has 2 aromatic rings. The monoisotopic (exact) mass is 323 g/mol. The molecule has 1 aliphatic rings. The third kappa shape index (κ3) is 3.25. The van der Waals surface area contributed by atoms with Gasteiger partial charge in [0.05, 0.1) is 6.54 Å². The summed E-state index contributed by atoms with van der Waals surface area (Å²) in [6, 6.07) is 13.1. The Hall–Kier alpha value is -2.82. The molecule has 0 unspecified atom stereocenters. The van der Waals surface area contributed by atoms with Crippen LogP contribution in [0.5, 0.6) is 0 Å². The zero-order valence-electron chi connectivity index (χ0n) is 13.7. The van der Waals surface area contributed by atoms with Gasteiger partial charge in [-0.05, 0) is 49.1 Å². The molecule has 24 heavy (non-hydrogen) atoms. The predicted octanol–water partition coefficient (Wildman–Crippen LogP) is 2.29. The Morgan fingerprint density at radius 2 is 2.00 bits per heavy atom. The largest absolute Gasteiger partial charge is 0.399 e. The van der Waals surface area contributed by atoms with Gasteiger partial charge >= 0.3 is 0 Å². The number of anilines is 2. The molecule has 0 saturated heterocycles. The third-order valence-electron chi connectivity index (χ3n) is 4.32. The fourth-order valence-corrected chi connectivity index (χ4v) is 3.02. The minimum Gasteiger partial charge on any atom is -0.399 e. The number of carbonyl (C=O) groups excluding carboxylic acids is 2. The maximum atomic E-state index is 12.5. The normalized spacial score (nSPS) is 13.3. The van der Waals surface area contributed by atoms with E-state index in [-0.39, 0.29) is 18.4 Å². The molecule has 0 radical (unpaired) electrons. The van der Waals surface area contributed by atoms with Gasteiger partial charge in [-0.2, -0.15) is 0 Å². The smallest absolute Gasteiger partial charge is 0.252 e. The lowest BCUT2D eigenvalue weighted by Gasteiger charge is -2.29. The summed E-state index contributed by atoms with van der Waals surface area (Å²) in [5.74, 6) is -0.379. The number of fused-ring (bicyclic) bond motifs is 1. The summed E-state index contributed by atoms with van der Waals surface area (Å²) in [6.07, 6.45) is 1.92. The molecule has 5 nitrogen and oxygen atoms in total. The molecular formula is C19H21N3O2. The van der Waals surface area contributed by atoms with Crippen LogP contribution in [0.1, 0.15) is 27.9 Å². The van der Waals surface area contributed by atoms with E-state index in [1.165, 1.54) is 5.56 Å². The van der Waals surface area contributed by atoms with Crippen LogP contribution in [0.2, 0.25) is 0 Å². The molecule has 2 amide bonds. The van der Waals surface area contributed by atoms with E-state index in [1.807, 2.05) is 31.2 Å². The maximum Gasteiger partial charge on any atom is 0.252 e. The van der Waals surface area contributed by atoms with Crippen molar-refractivity contribution in [3.05, 3.63) is 59.2 Å². The maximum absolute atomic E-state index is 12.5. The number of hydrogen-bond acceptors (Lipinski definition) is 3. The van der Waals surface area contributed by atoms with Gasteiger partial charge in [0.15, 0.2) is 0 Å². The molecule has 0 fully saturated rings. The molecule has 2 aromatic carbocycles. The number of rotatable bonds is 3. The van der Waals surface area contributed by atoms with E-state index in [1.54, 1.807) is 23.1 Å². The first-order valence-corrected chi connectivity index (χ1v) is 8.09. The number of nitrogen functional groups attached to an aromatic ring is 1. The van der Waals surface area contributed by atoms with Crippen LogP contribution in [0.25, 0.3) is 0 Å². The van der Waals surface area contributed by atoms with Crippen LogP contribution in [0.15, 0.2) is 42.5 Å². The number of nitrogens with zero attached hydrogens (tertiary/aromatic N) is 1. The fourth-order valence-electron chi connectivity index (χ4n) is 3.02. The zero-order chi connectivity index (χ0) is 17.1. The van der Waals surface area contributed by atoms with Crippen LogP contribution in [-0.4, -0.2) is 24.9 Å². The van der Waals surface area contributed by atoms with E-state index < -0.39 is 0 Å². The van der Waals surface area contributed by atoms with E-state index >= 15 is 0 Å². The lowest BCUT2D eigenvalue weighted by molar-refractivity contribution is -0.117. The average Bonchev–Trinajstić information content (AvgIpc) is 2.61. The van der Waals surface area contributed by atoms with E-state index in [4.69, 9.17) is 5.73 Å². The topological polar surface area (TPSA) is 75.4 Å². The summed E-state index contributed by atoms with van der Waals surface area (Å²) >= 11 is 0. The Balaban J connectivity index is 1.68. The summed E-state index contributed by atoms with van der Waals surface area (Å²) in [5.41, 5.74) is 9.72. The Kier molecular flexibility index (Phi) is 4.51. The average molecular weight is 323 g/mol. The first-order chi connectivity index (χ1) is 11.6. The predicted molar refractivity (Wildman–Crippen MR) is 95.0 cm³/mol. The summed E-state index contributed by atoms with van der Waals surface area (Å²) in [6.45, 7) is 2.50. The number of nitrogens with two attached hydrogens (primary N) is 1. The van der Waals surface area contributed by atoms with E-state index in [9.17, 15) is 9.59 Å². The third-order valence-corrected chi connectivity index (χ3v) is 4.32. The van der Waals surface area contributed by atoms with Gasteiger partial charge in [0.25, 0.3) is 5.91 Å². The van der Waals surface area contributed by atoms with Crippen molar-refractivity contribution >= 4 is 23.2 Å². The van der Waals surface area contributed by atoms with E-state index in [0.717, 1.165) is 24.1 Å². The number of para-hydroxylation sites is 1. The lowest BCUT2D eigenvalue weighted by atomic mass is 10.0. The van der Waals surface area contributed by atoms with Crippen LogP contribution in [0.4, 0.5) is 11.4 Å². The lowest BCUT2D eigenvalue weighted by Crippen LogP contribution is -2.42. The van der Waals surface area contributed by atoms with Crippen molar-refractivity contribution in [2.24, 2.45) is 0 Å². The number of benzene rings is 2.